The van der Waals surface area contributed by atoms with Crippen molar-refractivity contribution in [3.05, 3.63) is 56.1 Å². The van der Waals surface area contributed by atoms with Crippen molar-refractivity contribution in [2.45, 2.75) is 59.4 Å². The summed E-state index contributed by atoms with van der Waals surface area (Å²) in [6.07, 6.45) is 6.96. The van der Waals surface area contributed by atoms with Gasteiger partial charge in [-0.15, -0.1) is 11.3 Å². The molecule has 3 rings (SSSR count). The number of unbranched alkanes of at least 4 members (excludes halogenated alkanes) is 1. The molecule has 2 aromatic rings. The third-order valence-electron chi connectivity index (χ3n) is 5.54. The van der Waals surface area contributed by atoms with E-state index in [4.69, 9.17) is 0 Å². The van der Waals surface area contributed by atoms with Crippen LogP contribution in [-0.2, 0) is 19.4 Å². The second-order valence-corrected chi connectivity index (χ2v) is 9.70. The smallest absolute Gasteiger partial charge is 0.261 e. The van der Waals surface area contributed by atoms with Crippen molar-refractivity contribution in [3.63, 3.8) is 0 Å². The van der Waals surface area contributed by atoms with E-state index in [9.17, 15) is 9.59 Å². The van der Waals surface area contributed by atoms with Crippen LogP contribution >= 0.6 is 11.3 Å². The minimum atomic E-state index is 0.0271. The first kappa shape index (κ1) is 19.9. The van der Waals surface area contributed by atoms with Gasteiger partial charge in [0, 0.05) is 30.2 Å². The van der Waals surface area contributed by atoms with Gasteiger partial charge in [0.1, 0.15) is 0 Å². The van der Waals surface area contributed by atoms with Crippen LogP contribution in [0.2, 0.25) is 0 Å². The summed E-state index contributed by atoms with van der Waals surface area (Å²) in [5, 5.41) is 3.03. The number of aryl methyl sites for hydroxylation is 2. The first-order chi connectivity index (χ1) is 12.8. The van der Waals surface area contributed by atoms with Crippen molar-refractivity contribution >= 4 is 17.2 Å². The van der Waals surface area contributed by atoms with E-state index in [1.54, 1.807) is 28.0 Å². The van der Waals surface area contributed by atoms with Crippen LogP contribution in [0, 0.1) is 11.3 Å². The van der Waals surface area contributed by atoms with Gasteiger partial charge in [-0.2, -0.15) is 0 Å². The molecule has 1 aliphatic rings. The molecule has 0 bridgehead atoms. The lowest BCUT2D eigenvalue weighted by atomic mass is 9.72. The lowest BCUT2D eigenvalue weighted by Crippen LogP contribution is -2.26. The summed E-state index contributed by atoms with van der Waals surface area (Å²) in [5.74, 6) is 0.732. The van der Waals surface area contributed by atoms with Gasteiger partial charge in [-0.05, 0) is 61.1 Å². The average Bonchev–Trinajstić information content (AvgIpc) is 3.05. The molecule has 5 heteroatoms. The largest absolute Gasteiger partial charge is 0.351 e. The SMILES string of the molecule is CC(C)(C)C1CCc2sc(C(=O)NCCCCn3ccccc3=O)cc2C1. The monoisotopic (exact) mass is 386 g/mol. The Bertz CT molecular complexity index is 844. The molecule has 146 valence electrons. The van der Waals surface area contributed by atoms with E-state index in [-0.39, 0.29) is 11.5 Å². The molecule has 1 N–H and O–H groups in total. The highest BCUT2D eigenvalue weighted by molar-refractivity contribution is 7.14. The maximum absolute atomic E-state index is 12.5. The Morgan fingerprint density at radius 1 is 1.30 bits per heavy atom. The fourth-order valence-electron chi connectivity index (χ4n) is 3.72. The summed E-state index contributed by atoms with van der Waals surface area (Å²) in [6.45, 7) is 8.27. The molecular weight excluding hydrogens is 356 g/mol. The van der Waals surface area contributed by atoms with Crippen molar-refractivity contribution in [1.29, 1.82) is 0 Å². The lowest BCUT2D eigenvalue weighted by molar-refractivity contribution is 0.0957. The molecule has 0 spiro atoms. The molecule has 1 unspecified atom stereocenters. The molecule has 1 atom stereocenters. The van der Waals surface area contributed by atoms with Crippen LogP contribution in [0.5, 0.6) is 0 Å². The fraction of sp³-hybridized carbons (Fsp3) is 0.545. The first-order valence-corrected chi connectivity index (χ1v) is 10.7. The number of rotatable bonds is 6. The molecule has 0 aromatic carbocycles. The maximum Gasteiger partial charge on any atom is 0.261 e. The van der Waals surface area contributed by atoms with Crippen LogP contribution in [0.3, 0.4) is 0 Å². The average molecular weight is 387 g/mol. The van der Waals surface area contributed by atoms with Gasteiger partial charge in [0.2, 0.25) is 5.56 Å². The number of nitrogens with one attached hydrogen (secondary N) is 1. The third kappa shape index (κ3) is 5.10. The molecule has 27 heavy (non-hydrogen) atoms. The molecule has 0 saturated heterocycles. The van der Waals surface area contributed by atoms with Gasteiger partial charge in [-0.25, -0.2) is 0 Å². The predicted molar refractivity (Wildman–Crippen MR) is 112 cm³/mol. The van der Waals surface area contributed by atoms with Crippen LogP contribution in [-0.4, -0.2) is 17.0 Å². The van der Waals surface area contributed by atoms with Crippen molar-refractivity contribution in [2.24, 2.45) is 11.3 Å². The van der Waals surface area contributed by atoms with E-state index in [1.807, 2.05) is 12.3 Å². The molecule has 2 aromatic heterocycles. The molecule has 1 amide bonds. The van der Waals surface area contributed by atoms with Crippen molar-refractivity contribution in [1.82, 2.24) is 9.88 Å². The topological polar surface area (TPSA) is 51.1 Å². The highest BCUT2D eigenvalue weighted by atomic mass is 32.1. The van der Waals surface area contributed by atoms with Crippen molar-refractivity contribution < 1.29 is 4.79 Å². The van der Waals surface area contributed by atoms with Crippen LogP contribution in [0.4, 0.5) is 0 Å². The maximum atomic E-state index is 12.5. The Balaban J connectivity index is 1.46. The van der Waals surface area contributed by atoms with E-state index in [1.165, 1.54) is 16.9 Å². The van der Waals surface area contributed by atoms with Gasteiger partial charge in [-0.1, -0.05) is 26.8 Å². The molecule has 0 saturated carbocycles. The second-order valence-electron chi connectivity index (χ2n) is 8.56. The number of nitrogens with zero attached hydrogens (tertiary/aromatic N) is 1. The summed E-state index contributed by atoms with van der Waals surface area (Å²) in [6, 6.07) is 7.30. The highest BCUT2D eigenvalue weighted by Crippen LogP contribution is 2.40. The minimum Gasteiger partial charge on any atom is -0.351 e. The van der Waals surface area contributed by atoms with Gasteiger partial charge in [0.15, 0.2) is 0 Å². The van der Waals surface area contributed by atoms with Crippen LogP contribution in [0.15, 0.2) is 35.3 Å². The number of hydrogen-bond acceptors (Lipinski definition) is 3. The van der Waals surface area contributed by atoms with Crippen molar-refractivity contribution in [2.75, 3.05) is 6.54 Å². The zero-order chi connectivity index (χ0) is 19.4. The Kier molecular flexibility index (Phi) is 6.20. The normalized spacial score (nSPS) is 16.8. The number of hydrogen-bond donors (Lipinski definition) is 1. The second kappa shape index (κ2) is 8.42. The molecular formula is C22H30N2O2S. The van der Waals surface area contributed by atoms with Gasteiger partial charge < -0.3 is 9.88 Å². The molecule has 0 fully saturated rings. The molecule has 1 aliphatic carbocycles. The predicted octanol–water partition coefficient (Wildman–Crippen LogP) is 4.27. The first-order valence-electron chi connectivity index (χ1n) is 9.90. The summed E-state index contributed by atoms with van der Waals surface area (Å²) < 4.78 is 1.71. The highest BCUT2D eigenvalue weighted by Gasteiger charge is 2.30. The Morgan fingerprint density at radius 2 is 2.11 bits per heavy atom. The van der Waals surface area contributed by atoms with Gasteiger partial charge in [0.05, 0.1) is 4.88 Å². The number of carbonyl (C=O) groups is 1. The molecule has 4 nitrogen and oxygen atoms in total. The number of thiophene rings is 1. The fourth-order valence-corrected chi connectivity index (χ4v) is 4.84. The number of carbonyl (C=O) groups excluding carboxylic acids is 1. The van der Waals surface area contributed by atoms with E-state index < -0.39 is 0 Å². The Morgan fingerprint density at radius 3 is 2.85 bits per heavy atom. The van der Waals surface area contributed by atoms with Crippen molar-refractivity contribution in [3.8, 4) is 0 Å². The Hall–Kier alpha value is -1.88. The van der Waals surface area contributed by atoms with Crippen LogP contribution in [0.25, 0.3) is 0 Å². The summed E-state index contributed by atoms with van der Waals surface area (Å²) in [4.78, 5) is 26.4. The van der Waals surface area contributed by atoms with Crippen LogP contribution < -0.4 is 10.9 Å². The molecule has 2 heterocycles. The van der Waals surface area contributed by atoms with Gasteiger partial charge in [0.25, 0.3) is 5.91 Å². The van der Waals surface area contributed by atoms with E-state index in [2.05, 4.69) is 32.2 Å². The third-order valence-corrected chi connectivity index (χ3v) is 6.78. The van der Waals surface area contributed by atoms with E-state index in [0.717, 1.165) is 30.6 Å². The number of fused-ring (bicyclic) bond motifs is 1. The lowest BCUT2D eigenvalue weighted by Gasteiger charge is -2.33. The van der Waals surface area contributed by atoms with E-state index >= 15 is 0 Å². The molecule has 0 radical (unpaired) electrons. The minimum absolute atomic E-state index is 0.0271. The molecule has 0 aliphatic heterocycles. The standard InChI is InChI=1S/C22H30N2O2S/c1-22(2,3)17-9-10-18-16(14-17)15-19(27-18)21(26)23-11-5-7-13-24-12-6-4-8-20(24)25/h4,6,8,12,15,17H,5,7,9-11,13-14H2,1-3H3,(H,23,26). The Labute approximate surface area is 165 Å². The quantitative estimate of drug-likeness (QED) is 0.754. The zero-order valence-corrected chi connectivity index (χ0v) is 17.4. The zero-order valence-electron chi connectivity index (χ0n) is 16.6. The van der Waals surface area contributed by atoms with Gasteiger partial charge >= 0.3 is 0 Å². The summed E-state index contributed by atoms with van der Waals surface area (Å²) in [5.41, 5.74) is 1.72. The summed E-state index contributed by atoms with van der Waals surface area (Å²) in [7, 11) is 0. The number of aromatic nitrogens is 1. The number of pyridine rings is 1. The van der Waals surface area contributed by atoms with E-state index in [0.29, 0.717) is 24.4 Å². The number of amides is 1. The summed E-state index contributed by atoms with van der Waals surface area (Å²) >= 11 is 1.66. The van der Waals surface area contributed by atoms with Crippen LogP contribution in [0.1, 0.15) is 60.1 Å². The van der Waals surface area contributed by atoms with Gasteiger partial charge in [-0.3, -0.25) is 9.59 Å².